The van der Waals surface area contributed by atoms with Crippen LogP contribution in [-0.4, -0.2) is 66.4 Å². The topological polar surface area (TPSA) is 147 Å². The summed E-state index contributed by atoms with van der Waals surface area (Å²) in [4.78, 5) is 15.2. The predicted molar refractivity (Wildman–Crippen MR) is 168 cm³/mol. The standard InChI is InChI=1S/C34H35FN2O7S/c1-45(43,44)36-21-3-2-4-24-7-15-29(16-8-24)37-32(27-9-5-25(6-10-27)19-20-34(42,22-38)23-39)30(33(37)41)17-18-31(40)26-11-13-28(35)14-12-26/h5-16,30-32,36,38-40,42H,3,17-18,21-23H2,1H3/t30-,31+,32-/m1/s1. The molecule has 0 aliphatic carbocycles. The Balaban J connectivity index is 1.53. The van der Waals surface area contributed by atoms with Gasteiger partial charge in [0.15, 0.2) is 5.60 Å². The SMILES string of the molecule is CS(=O)(=O)NCCC#Cc1ccc(N2C(=O)[C@H](CC[C@H](O)c3ccc(F)cc3)[C@H]2c2ccc(C#CC(O)(CO)CO)cc2)cc1. The number of hydrogen-bond donors (Lipinski definition) is 5. The molecule has 0 saturated carbocycles. The van der Waals surface area contributed by atoms with Gasteiger partial charge in [0.2, 0.25) is 15.9 Å². The van der Waals surface area contributed by atoms with Gasteiger partial charge in [-0.3, -0.25) is 4.79 Å². The van der Waals surface area contributed by atoms with Crippen molar-refractivity contribution in [1.29, 1.82) is 0 Å². The van der Waals surface area contributed by atoms with E-state index in [1.165, 1.54) is 24.3 Å². The molecule has 9 nitrogen and oxygen atoms in total. The van der Waals surface area contributed by atoms with Crippen LogP contribution in [0.25, 0.3) is 0 Å². The molecule has 0 bridgehead atoms. The molecule has 0 aromatic heterocycles. The number of nitrogens with one attached hydrogen (secondary N) is 1. The molecular formula is C34H35FN2O7S. The molecule has 1 saturated heterocycles. The summed E-state index contributed by atoms with van der Waals surface area (Å²) in [5.41, 5.74) is 1.36. The zero-order valence-electron chi connectivity index (χ0n) is 24.6. The molecule has 1 aliphatic rings. The second-order valence-corrected chi connectivity index (χ2v) is 12.7. The third-order valence-corrected chi connectivity index (χ3v) is 8.16. The fourth-order valence-corrected chi connectivity index (χ4v) is 5.41. The molecule has 0 unspecified atom stereocenters. The molecule has 3 aromatic rings. The molecule has 5 N–H and O–H groups in total. The van der Waals surface area contributed by atoms with Crippen molar-refractivity contribution in [2.24, 2.45) is 5.92 Å². The summed E-state index contributed by atoms with van der Waals surface area (Å²) in [6, 6.07) is 19.5. The van der Waals surface area contributed by atoms with Crippen molar-refractivity contribution < 1.29 is 38.0 Å². The molecule has 236 valence electrons. The maximum absolute atomic E-state index is 13.5. The molecule has 1 fully saturated rings. The maximum Gasteiger partial charge on any atom is 0.233 e. The normalized spacial score (nSPS) is 17.0. The second kappa shape index (κ2) is 14.8. The largest absolute Gasteiger partial charge is 0.392 e. The molecular weight excluding hydrogens is 599 g/mol. The van der Waals surface area contributed by atoms with Gasteiger partial charge in [0, 0.05) is 29.8 Å². The summed E-state index contributed by atoms with van der Waals surface area (Å²) in [5, 5.41) is 39.3. The van der Waals surface area contributed by atoms with Gasteiger partial charge in [-0.1, -0.05) is 47.9 Å². The summed E-state index contributed by atoms with van der Waals surface area (Å²) in [7, 11) is -3.28. The number of sulfonamides is 1. The summed E-state index contributed by atoms with van der Waals surface area (Å²) in [5.74, 6) is 10.2. The fourth-order valence-electron chi connectivity index (χ4n) is 4.94. The molecule has 45 heavy (non-hydrogen) atoms. The molecule has 0 spiro atoms. The zero-order chi connectivity index (χ0) is 32.6. The van der Waals surface area contributed by atoms with E-state index in [0.29, 0.717) is 41.6 Å². The number of aliphatic hydroxyl groups is 4. The summed E-state index contributed by atoms with van der Waals surface area (Å²) in [6.45, 7) is -1.23. The van der Waals surface area contributed by atoms with Crippen LogP contribution in [0, 0.1) is 35.4 Å². The first-order valence-electron chi connectivity index (χ1n) is 14.3. The van der Waals surface area contributed by atoms with Gasteiger partial charge in [-0.15, -0.1) is 0 Å². The van der Waals surface area contributed by atoms with E-state index in [0.717, 1.165) is 11.8 Å². The van der Waals surface area contributed by atoms with Crippen LogP contribution in [0.4, 0.5) is 10.1 Å². The Kier molecular flexibility index (Phi) is 11.1. The lowest BCUT2D eigenvalue weighted by atomic mass is 9.78. The second-order valence-electron chi connectivity index (χ2n) is 10.9. The van der Waals surface area contributed by atoms with Crippen LogP contribution in [0.1, 0.15) is 53.7 Å². The number of nitrogens with zero attached hydrogens (tertiary/aromatic N) is 1. The van der Waals surface area contributed by atoms with Gasteiger partial charge in [-0.05, 0) is 72.5 Å². The van der Waals surface area contributed by atoms with Crippen molar-refractivity contribution in [3.63, 3.8) is 0 Å². The average Bonchev–Trinajstić information content (AvgIpc) is 3.03. The quantitative estimate of drug-likeness (QED) is 0.124. The molecule has 1 aliphatic heterocycles. The van der Waals surface area contributed by atoms with Crippen molar-refractivity contribution in [3.05, 3.63) is 101 Å². The minimum absolute atomic E-state index is 0.114. The van der Waals surface area contributed by atoms with E-state index in [9.17, 15) is 38.0 Å². The lowest BCUT2D eigenvalue weighted by molar-refractivity contribution is -0.131. The fraction of sp³-hybridized carbons (Fsp3) is 0.324. The Morgan fingerprint density at radius 2 is 1.56 bits per heavy atom. The summed E-state index contributed by atoms with van der Waals surface area (Å²) >= 11 is 0. The maximum atomic E-state index is 13.5. The highest BCUT2D eigenvalue weighted by Crippen LogP contribution is 2.46. The number of benzene rings is 3. The van der Waals surface area contributed by atoms with Gasteiger partial charge in [0.05, 0.1) is 37.5 Å². The Labute approximate surface area is 262 Å². The summed E-state index contributed by atoms with van der Waals surface area (Å²) < 4.78 is 38.1. The van der Waals surface area contributed by atoms with E-state index >= 15 is 0 Å². The molecule has 4 rings (SSSR count). The molecule has 1 heterocycles. The number of halogens is 1. The number of β-lactam (4-membered cyclic amide) rings is 1. The van der Waals surface area contributed by atoms with Crippen LogP contribution >= 0.6 is 0 Å². The molecule has 3 atom stereocenters. The lowest BCUT2D eigenvalue weighted by Crippen LogP contribution is -2.55. The van der Waals surface area contributed by atoms with Gasteiger partial charge in [-0.25, -0.2) is 17.5 Å². The Hall–Kier alpha value is -4.07. The number of aliphatic hydroxyl groups excluding tert-OH is 3. The van der Waals surface area contributed by atoms with Gasteiger partial charge in [-0.2, -0.15) is 0 Å². The Bertz CT molecular complexity index is 1700. The average molecular weight is 635 g/mol. The minimum Gasteiger partial charge on any atom is -0.392 e. The number of amides is 1. The first-order chi connectivity index (χ1) is 21.4. The van der Waals surface area contributed by atoms with Gasteiger partial charge < -0.3 is 25.3 Å². The van der Waals surface area contributed by atoms with Crippen LogP contribution in [-0.2, 0) is 14.8 Å². The number of carbonyl (C=O) groups is 1. The van der Waals surface area contributed by atoms with Gasteiger partial charge >= 0.3 is 0 Å². The van der Waals surface area contributed by atoms with Crippen LogP contribution in [0.2, 0.25) is 0 Å². The number of rotatable bonds is 11. The van der Waals surface area contributed by atoms with Crippen LogP contribution in [0.3, 0.4) is 0 Å². The van der Waals surface area contributed by atoms with Crippen molar-refractivity contribution in [2.45, 2.75) is 37.0 Å². The zero-order valence-corrected chi connectivity index (χ0v) is 25.5. The lowest BCUT2D eigenvalue weighted by Gasteiger charge is -2.48. The predicted octanol–water partition coefficient (Wildman–Crippen LogP) is 2.40. The van der Waals surface area contributed by atoms with E-state index in [-0.39, 0.29) is 18.5 Å². The van der Waals surface area contributed by atoms with Crippen molar-refractivity contribution in [3.8, 4) is 23.7 Å². The Morgan fingerprint density at radius 1 is 0.956 bits per heavy atom. The van der Waals surface area contributed by atoms with Crippen molar-refractivity contribution in [1.82, 2.24) is 4.72 Å². The van der Waals surface area contributed by atoms with Crippen molar-refractivity contribution in [2.75, 3.05) is 30.9 Å². The first kappa shape index (κ1) is 33.8. The van der Waals surface area contributed by atoms with Gasteiger partial charge in [0.25, 0.3) is 0 Å². The third-order valence-electron chi connectivity index (χ3n) is 7.43. The van der Waals surface area contributed by atoms with Crippen LogP contribution in [0.15, 0.2) is 72.8 Å². The highest BCUT2D eigenvalue weighted by molar-refractivity contribution is 7.88. The Morgan fingerprint density at radius 3 is 2.16 bits per heavy atom. The number of hydrogen-bond acceptors (Lipinski definition) is 7. The van der Waals surface area contributed by atoms with E-state index in [1.807, 2.05) is 12.1 Å². The smallest absolute Gasteiger partial charge is 0.233 e. The van der Waals surface area contributed by atoms with E-state index in [2.05, 4.69) is 28.4 Å². The molecule has 1 amide bonds. The highest BCUT2D eigenvalue weighted by atomic mass is 32.2. The van der Waals surface area contributed by atoms with E-state index in [1.54, 1.807) is 41.3 Å². The molecule has 11 heteroatoms. The van der Waals surface area contributed by atoms with Crippen LogP contribution < -0.4 is 9.62 Å². The molecule has 3 aromatic carbocycles. The number of anilines is 1. The van der Waals surface area contributed by atoms with Gasteiger partial charge in [0.1, 0.15) is 5.82 Å². The third kappa shape index (κ3) is 8.99. The van der Waals surface area contributed by atoms with Crippen molar-refractivity contribution >= 4 is 21.6 Å². The monoisotopic (exact) mass is 634 g/mol. The number of carbonyl (C=O) groups excluding carboxylic acids is 1. The first-order valence-corrected chi connectivity index (χ1v) is 16.2. The van der Waals surface area contributed by atoms with Crippen LogP contribution in [0.5, 0.6) is 0 Å². The minimum atomic E-state index is -3.28. The molecule has 0 radical (unpaired) electrons. The van der Waals surface area contributed by atoms with E-state index in [4.69, 9.17) is 0 Å². The van der Waals surface area contributed by atoms with E-state index < -0.39 is 46.7 Å². The summed E-state index contributed by atoms with van der Waals surface area (Å²) in [6.07, 6.45) is 1.23. The highest BCUT2D eigenvalue weighted by Gasteiger charge is 2.48.